The third-order valence-electron chi connectivity index (χ3n) is 5.00. The maximum atomic E-state index is 13.2. The van der Waals surface area contributed by atoms with E-state index in [-0.39, 0.29) is 17.4 Å². The first-order valence-corrected chi connectivity index (χ1v) is 11.0. The van der Waals surface area contributed by atoms with E-state index in [1.165, 1.54) is 11.3 Å². The van der Waals surface area contributed by atoms with Crippen LogP contribution in [-0.4, -0.2) is 38.8 Å². The van der Waals surface area contributed by atoms with Crippen LogP contribution >= 0.6 is 11.3 Å². The van der Waals surface area contributed by atoms with Gasteiger partial charge in [-0.05, 0) is 41.8 Å². The highest BCUT2D eigenvalue weighted by Gasteiger charge is 2.34. The summed E-state index contributed by atoms with van der Waals surface area (Å²) in [7, 11) is 0. The highest BCUT2D eigenvalue weighted by atomic mass is 32.1. The largest absolute Gasteiger partial charge is 0.348 e. The van der Waals surface area contributed by atoms with Crippen LogP contribution in [0.3, 0.4) is 0 Å². The molecule has 154 valence electrons. The van der Waals surface area contributed by atoms with Crippen LogP contribution in [0.5, 0.6) is 0 Å². The van der Waals surface area contributed by atoms with Gasteiger partial charge in [-0.15, -0.1) is 11.3 Å². The topological polar surface area (TPSA) is 71.0 Å². The molecule has 3 aromatic rings. The van der Waals surface area contributed by atoms with Crippen molar-refractivity contribution in [3.63, 3.8) is 0 Å². The lowest BCUT2D eigenvalue weighted by molar-refractivity contribution is 0.0775. The number of aromatic nitrogens is 3. The zero-order chi connectivity index (χ0) is 21.0. The van der Waals surface area contributed by atoms with E-state index in [0.717, 1.165) is 35.3 Å². The van der Waals surface area contributed by atoms with E-state index in [2.05, 4.69) is 34.1 Å². The second kappa shape index (κ2) is 8.86. The molecule has 0 spiro atoms. The van der Waals surface area contributed by atoms with E-state index in [9.17, 15) is 4.79 Å². The van der Waals surface area contributed by atoms with Crippen molar-refractivity contribution in [1.82, 2.24) is 19.9 Å². The standard InChI is InChI=1S/C20H23N5OS.C2H6/c1-13(14-5-4-8-21-11-14)22-19-23-15-6-10-27-17(15)16(24-19)18(26)25-9-7-20(2,3)12-25;1-2/h4-6,8,10-11,13H,7,9,12H2,1-3H3,(H,22,23,24);1-2H3. The van der Waals surface area contributed by atoms with Crippen molar-refractivity contribution in [3.8, 4) is 0 Å². The number of anilines is 1. The number of nitrogens with zero attached hydrogens (tertiary/aromatic N) is 4. The third kappa shape index (κ3) is 4.72. The Labute approximate surface area is 176 Å². The molecule has 3 aromatic heterocycles. The van der Waals surface area contributed by atoms with Crippen LogP contribution in [0, 0.1) is 5.41 Å². The fraction of sp³-hybridized carbons (Fsp3) is 0.455. The Bertz CT molecular complexity index is 970. The Morgan fingerprint density at radius 2 is 2.07 bits per heavy atom. The van der Waals surface area contributed by atoms with Crippen molar-refractivity contribution in [2.75, 3.05) is 18.4 Å². The molecule has 0 radical (unpaired) electrons. The summed E-state index contributed by atoms with van der Waals surface area (Å²) in [5, 5.41) is 5.27. The van der Waals surface area contributed by atoms with Gasteiger partial charge >= 0.3 is 0 Å². The average Bonchev–Trinajstić information content (AvgIpc) is 3.35. The molecule has 6 nitrogen and oxygen atoms in total. The molecule has 29 heavy (non-hydrogen) atoms. The Morgan fingerprint density at radius 3 is 2.72 bits per heavy atom. The molecule has 0 aromatic carbocycles. The average molecular weight is 412 g/mol. The second-order valence-electron chi connectivity index (χ2n) is 7.82. The van der Waals surface area contributed by atoms with Crippen molar-refractivity contribution < 1.29 is 4.79 Å². The number of pyridine rings is 1. The normalized spacial score (nSPS) is 16.2. The molecule has 1 atom stereocenters. The summed E-state index contributed by atoms with van der Waals surface area (Å²) >= 11 is 1.51. The first-order chi connectivity index (χ1) is 13.9. The number of rotatable bonds is 4. The molecule has 1 saturated heterocycles. The summed E-state index contributed by atoms with van der Waals surface area (Å²) in [4.78, 5) is 28.4. The smallest absolute Gasteiger partial charge is 0.274 e. The molecule has 1 N–H and O–H groups in total. The van der Waals surface area contributed by atoms with Gasteiger partial charge in [0.1, 0.15) is 0 Å². The van der Waals surface area contributed by atoms with Crippen LogP contribution in [0.25, 0.3) is 10.2 Å². The lowest BCUT2D eigenvalue weighted by Crippen LogP contribution is -2.31. The first kappa shape index (κ1) is 21.2. The zero-order valence-electron chi connectivity index (χ0n) is 17.8. The number of thiophene rings is 1. The summed E-state index contributed by atoms with van der Waals surface area (Å²) in [5.74, 6) is 0.464. The van der Waals surface area contributed by atoms with Crippen molar-refractivity contribution in [2.24, 2.45) is 5.41 Å². The van der Waals surface area contributed by atoms with Crippen LogP contribution in [0.1, 0.15) is 63.1 Å². The molecular formula is C22H29N5OS. The third-order valence-corrected chi connectivity index (χ3v) is 5.91. The summed E-state index contributed by atoms with van der Waals surface area (Å²) in [6.07, 6.45) is 4.58. The van der Waals surface area contributed by atoms with Crippen LogP contribution in [0.4, 0.5) is 5.95 Å². The molecule has 4 rings (SSSR count). The number of carbonyl (C=O) groups is 1. The minimum Gasteiger partial charge on any atom is -0.348 e. The van der Waals surface area contributed by atoms with Crippen LogP contribution in [-0.2, 0) is 0 Å². The number of hydrogen-bond donors (Lipinski definition) is 1. The SMILES string of the molecule is CC.CC(Nc1nc(C(=O)N2CCC(C)(C)C2)c2sccc2n1)c1cccnc1. The molecule has 4 heterocycles. The Morgan fingerprint density at radius 1 is 1.28 bits per heavy atom. The number of hydrogen-bond acceptors (Lipinski definition) is 6. The maximum absolute atomic E-state index is 13.2. The van der Waals surface area contributed by atoms with E-state index >= 15 is 0 Å². The Hall–Kier alpha value is -2.54. The van der Waals surface area contributed by atoms with E-state index in [0.29, 0.717) is 11.6 Å². The summed E-state index contributed by atoms with van der Waals surface area (Å²) in [6, 6.07) is 5.84. The highest BCUT2D eigenvalue weighted by Crippen LogP contribution is 2.32. The van der Waals surface area contributed by atoms with Gasteiger partial charge in [-0.25, -0.2) is 9.97 Å². The quantitative estimate of drug-likeness (QED) is 0.642. The zero-order valence-corrected chi connectivity index (χ0v) is 18.6. The molecule has 1 unspecified atom stereocenters. The van der Waals surface area contributed by atoms with Crippen molar-refractivity contribution >= 4 is 33.4 Å². The molecule has 0 bridgehead atoms. The van der Waals surface area contributed by atoms with Gasteiger partial charge in [-0.1, -0.05) is 33.8 Å². The highest BCUT2D eigenvalue weighted by molar-refractivity contribution is 7.17. The predicted octanol–water partition coefficient (Wildman–Crippen LogP) is 5.16. The van der Waals surface area contributed by atoms with E-state index < -0.39 is 0 Å². The summed E-state index contributed by atoms with van der Waals surface area (Å²) in [6.45, 7) is 12.0. The lowest BCUT2D eigenvalue weighted by Gasteiger charge is -2.20. The van der Waals surface area contributed by atoms with Gasteiger partial charge in [-0.3, -0.25) is 9.78 Å². The molecule has 1 aliphatic rings. The maximum Gasteiger partial charge on any atom is 0.274 e. The Kier molecular flexibility index (Phi) is 6.47. The number of nitrogens with one attached hydrogen (secondary N) is 1. The van der Waals surface area contributed by atoms with Gasteiger partial charge in [0, 0.05) is 25.5 Å². The van der Waals surface area contributed by atoms with Crippen LogP contribution in [0.2, 0.25) is 0 Å². The van der Waals surface area contributed by atoms with Crippen molar-refractivity contribution in [1.29, 1.82) is 0 Å². The van der Waals surface area contributed by atoms with Gasteiger partial charge in [0.15, 0.2) is 5.69 Å². The lowest BCUT2D eigenvalue weighted by atomic mass is 9.93. The van der Waals surface area contributed by atoms with Gasteiger partial charge in [-0.2, -0.15) is 0 Å². The molecule has 0 aliphatic carbocycles. The first-order valence-electron chi connectivity index (χ1n) is 10.1. The van der Waals surface area contributed by atoms with Gasteiger partial charge in [0.2, 0.25) is 5.95 Å². The Balaban J connectivity index is 0.00000117. The number of fused-ring (bicyclic) bond motifs is 1. The monoisotopic (exact) mass is 411 g/mol. The summed E-state index contributed by atoms with van der Waals surface area (Å²) in [5.41, 5.74) is 2.50. The van der Waals surface area contributed by atoms with Gasteiger partial charge < -0.3 is 10.2 Å². The van der Waals surface area contributed by atoms with Gasteiger partial charge in [0.25, 0.3) is 5.91 Å². The molecule has 1 amide bonds. The minimum atomic E-state index is -0.0107. The van der Waals surface area contributed by atoms with Crippen LogP contribution in [0.15, 0.2) is 36.0 Å². The molecular weight excluding hydrogens is 382 g/mol. The van der Waals surface area contributed by atoms with Crippen LogP contribution < -0.4 is 5.32 Å². The number of likely N-dealkylation sites (tertiary alicyclic amines) is 1. The minimum absolute atomic E-state index is 0.00694. The van der Waals surface area contributed by atoms with Gasteiger partial charge in [0.05, 0.1) is 16.3 Å². The number of amides is 1. The molecule has 0 saturated carbocycles. The predicted molar refractivity (Wildman–Crippen MR) is 119 cm³/mol. The molecule has 1 fully saturated rings. The second-order valence-corrected chi connectivity index (χ2v) is 8.74. The van der Waals surface area contributed by atoms with Crippen molar-refractivity contribution in [3.05, 3.63) is 47.2 Å². The fourth-order valence-electron chi connectivity index (χ4n) is 3.42. The number of carbonyl (C=O) groups excluding carboxylic acids is 1. The summed E-state index contributed by atoms with van der Waals surface area (Å²) < 4.78 is 0.851. The van der Waals surface area contributed by atoms with E-state index in [4.69, 9.17) is 0 Å². The van der Waals surface area contributed by atoms with E-state index in [1.807, 2.05) is 55.4 Å². The van der Waals surface area contributed by atoms with Crippen molar-refractivity contribution in [2.45, 2.75) is 47.1 Å². The van der Waals surface area contributed by atoms with E-state index in [1.54, 1.807) is 6.20 Å². The molecule has 7 heteroatoms. The molecule has 1 aliphatic heterocycles. The fourth-order valence-corrected chi connectivity index (χ4v) is 4.23.